The van der Waals surface area contributed by atoms with Crippen LogP contribution >= 0.6 is 0 Å². The lowest BCUT2D eigenvalue weighted by Gasteiger charge is -2.55. The first-order valence-corrected chi connectivity index (χ1v) is 10.8. The Morgan fingerprint density at radius 2 is 1.93 bits per heavy atom. The summed E-state index contributed by atoms with van der Waals surface area (Å²) in [7, 11) is 0. The van der Waals surface area contributed by atoms with Crippen LogP contribution in [0.2, 0.25) is 0 Å². The van der Waals surface area contributed by atoms with Crippen molar-refractivity contribution in [3.63, 3.8) is 0 Å². The van der Waals surface area contributed by atoms with Crippen LogP contribution in [0.5, 0.6) is 0 Å². The van der Waals surface area contributed by atoms with E-state index < -0.39 is 40.7 Å². The first-order chi connectivity index (χ1) is 13.4. The van der Waals surface area contributed by atoms with Gasteiger partial charge in [0.25, 0.3) is 0 Å². The highest BCUT2D eigenvalue weighted by atomic mass is 32.2. The molecule has 3 unspecified atom stereocenters. The van der Waals surface area contributed by atoms with Gasteiger partial charge in [0.05, 0.1) is 0 Å². The van der Waals surface area contributed by atoms with Crippen molar-refractivity contribution in [2.45, 2.75) is 50.0 Å². The van der Waals surface area contributed by atoms with Gasteiger partial charge in [-0.05, 0) is 49.4 Å². The summed E-state index contributed by atoms with van der Waals surface area (Å²) in [6.07, 6.45) is 0.816. The summed E-state index contributed by atoms with van der Waals surface area (Å²) >= 11 is -1.37. The fourth-order valence-electron chi connectivity index (χ4n) is 4.34. The summed E-state index contributed by atoms with van der Waals surface area (Å²) in [5.74, 6) is -0.681. The smallest absolute Gasteiger partial charge is 0.135 e. The van der Waals surface area contributed by atoms with Gasteiger partial charge < -0.3 is 9.87 Å². The van der Waals surface area contributed by atoms with Gasteiger partial charge in [-0.1, -0.05) is 30.3 Å². The van der Waals surface area contributed by atoms with Crippen LogP contribution < -0.4 is 10.0 Å². The fraction of sp³-hybridized carbons (Fsp3) is 0.429. The van der Waals surface area contributed by atoms with Crippen molar-refractivity contribution in [1.29, 1.82) is 0 Å². The third kappa shape index (κ3) is 3.68. The van der Waals surface area contributed by atoms with E-state index >= 15 is 8.78 Å². The highest BCUT2D eigenvalue weighted by Gasteiger charge is 2.59. The Labute approximate surface area is 166 Å². The molecule has 0 spiro atoms. The standard InChI is InChI=1S/C21H23F3N2OS/c1-2-28(27)26-20-18(25-16-11-21(20,24)12-16)9-14-8-15(22)10-17(19(14)23)13-6-4-3-5-7-13/h3-8,10,16,18,20,25-26H,2,9,11-12H2,1H3. The van der Waals surface area contributed by atoms with Crippen LogP contribution in [0.1, 0.15) is 25.3 Å². The molecule has 3 nitrogen and oxygen atoms in total. The molecular weight excluding hydrogens is 385 g/mol. The Morgan fingerprint density at radius 1 is 1.21 bits per heavy atom. The first kappa shape index (κ1) is 19.8. The van der Waals surface area contributed by atoms with Crippen molar-refractivity contribution in [2.24, 2.45) is 0 Å². The van der Waals surface area contributed by atoms with Crippen molar-refractivity contribution in [3.05, 3.63) is 59.7 Å². The van der Waals surface area contributed by atoms with E-state index in [1.807, 2.05) is 6.07 Å². The second-order valence-corrected chi connectivity index (χ2v) is 9.14. The Kier molecular flexibility index (Phi) is 5.44. The zero-order chi connectivity index (χ0) is 19.9. The number of rotatable bonds is 6. The SMILES string of the molecule is CC[S+]([O-])NC1C(Cc2cc(F)cc(-c3ccccc3)c2F)NC2CC1(F)C2. The maximum atomic E-state index is 15.2. The van der Waals surface area contributed by atoms with Gasteiger partial charge in [0.1, 0.15) is 29.1 Å². The minimum atomic E-state index is -1.46. The Hall–Kier alpha value is -1.54. The van der Waals surface area contributed by atoms with Crippen molar-refractivity contribution >= 4 is 11.4 Å². The molecule has 2 aromatic carbocycles. The van der Waals surface area contributed by atoms with Crippen LogP contribution in [0.3, 0.4) is 0 Å². The number of fused-ring (bicyclic) bond motifs is 2. The Balaban J connectivity index is 1.63. The summed E-state index contributed by atoms with van der Waals surface area (Å²) in [6, 6.07) is 9.99. The van der Waals surface area contributed by atoms with Crippen LogP contribution in [0.25, 0.3) is 11.1 Å². The van der Waals surface area contributed by atoms with E-state index in [0.29, 0.717) is 24.2 Å². The zero-order valence-corrected chi connectivity index (χ0v) is 16.4. The van der Waals surface area contributed by atoms with E-state index in [1.54, 1.807) is 31.2 Å². The van der Waals surface area contributed by atoms with Gasteiger partial charge in [-0.2, -0.15) is 0 Å². The molecule has 0 amide bonds. The molecule has 2 heterocycles. The van der Waals surface area contributed by atoms with Gasteiger partial charge in [0.2, 0.25) is 0 Å². The highest BCUT2D eigenvalue weighted by molar-refractivity contribution is 7.89. The topological polar surface area (TPSA) is 47.1 Å². The molecular formula is C21H23F3N2OS. The Morgan fingerprint density at radius 3 is 2.61 bits per heavy atom. The van der Waals surface area contributed by atoms with Crippen molar-refractivity contribution in [1.82, 2.24) is 10.0 Å². The minimum absolute atomic E-state index is 0.0216. The van der Waals surface area contributed by atoms with Crippen LogP contribution in [0, 0.1) is 11.6 Å². The van der Waals surface area contributed by atoms with Crippen molar-refractivity contribution in [3.8, 4) is 11.1 Å². The third-order valence-corrected chi connectivity index (χ3v) is 6.78. The molecule has 3 aliphatic rings. The average Bonchev–Trinajstić information content (AvgIpc) is 2.66. The number of halogens is 3. The van der Waals surface area contributed by atoms with Gasteiger partial charge in [0.15, 0.2) is 0 Å². The third-order valence-electron chi connectivity index (χ3n) is 5.74. The van der Waals surface area contributed by atoms with Crippen LogP contribution in [-0.4, -0.2) is 34.1 Å². The maximum Gasteiger partial charge on any atom is 0.135 e. The molecule has 2 aromatic rings. The molecule has 3 fully saturated rings. The fourth-order valence-corrected chi connectivity index (χ4v) is 5.16. The lowest BCUT2D eigenvalue weighted by molar-refractivity contribution is -0.0567. The number of piperidine rings is 2. The molecule has 2 saturated heterocycles. The van der Waals surface area contributed by atoms with E-state index in [-0.39, 0.29) is 23.6 Å². The minimum Gasteiger partial charge on any atom is -0.598 e. The van der Waals surface area contributed by atoms with E-state index in [0.717, 1.165) is 0 Å². The summed E-state index contributed by atoms with van der Waals surface area (Å²) in [4.78, 5) is 0. The highest BCUT2D eigenvalue weighted by Crippen LogP contribution is 2.45. The van der Waals surface area contributed by atoms with E-state index in [1.165, 1.54) is 12.1 Å². The van der Waals surface area contributed by atoms with Gasteiger partial charge >= 0.3 is 0 Å². The number of hydrogen-bond acceptors (Lipinski definition) is 3. The van der Waals surface area contributed by atoms with E-state index in [4.69, 9.17) is 0 Å². The first-order valence-electron chi connectivity index (χ1n) is 9.52. The Bertz CT molecular complexity index is 845. The summed E-state index contributed by atoms with van der Waals surface area (Å²) in [5.41, 5.74) is -0.496. The van der Waals surface area contributed by atoms with Gasteiger partial charge in [-0.3, -0.25) is 0 Å². The molecule has 150 valence electrons. The molecule has 2 aliphatic heterocycles. The van der Waals surface area contributed by atoms with Gasteiger partial charge in [0, 0.05) is 29.0 Å². The second-order valence-electron chi connectivity index (χ2n) is 7.64. The van der Waals surface area contributed by atoms with E-state index in [2.05, 4.69) is 10.0 Å². The molecule has 1 saturated carbocycles. The van der Waals surface area contributed by atoms with Crippen LogP contribution in [0.15, 0.2) is 42.5 Å². The van der Waals surface area contributed by atoms with Gasteiger partial charge in [-0.25, -0.2) is 13.2 Å². The lowest BCUT2D eigenvalue weighted by atomic mass is 9.65. The van der Waals surface area contributed by atoms with Gasteiger partial charge in [-0.15, -0.1) is 4.72 Å². The number of alkyl halides is 1. The largest absolute Gasteiger partial charge is 0.598 e. The average molecular weight is 408 g/mol. The molecule has 5 rings (SSSR count). The van der Waals surface area contributed by atoms with Crippen LogP contribution in [-0.2, 0) is 17.8 Å². The summed E-state index contributed by atoms with van der Waals surface area (Å²) in [5, 5.41) is 3.32. The maximum absolute atomic E-state index is 15.2. The lowest BCUT2D eigenvalue weighted by Crippen LogP contribution is -2.75. The predicted octanol–water partition coefficient (Wildman–Crippen LogP) is 3.66. The number of benzene rings is 2. The predicted molar refractivity (Wildman–Crippen MR) is 105 cm³/mol. The summed E-state index contributed by atoms with van der Waals surface area (Å²) < 4.78 is 59.5. The zero-order valence-electron chi connectivity index (χ0n) is 15.6. The molecule has 2 bridgehead atoms. The molecule has 2 N–H and O–H groups in total. The molecule has 0 aromatic heterocycles. The number of nitrogens with one attached hydrogen (secondary N) is 2. The summed E-state index contributed by atoms with van der Waals surface area (Å²) in [6.45, 7) is 1.75. The number of hydrogen-bond donors (Lipinski definition) is 2. The molecule has 1 aliphatic carbocycles. The normalized spacial score (nSPS) is 30.0. The van der Waals surface area contributed by atoms with E-state index in [9.17, 15) is 8.94 Å². The van der Waals surface area contributed by atoms with Crippen molar-refractivity contribution in [2.75, 3.05) is 5.75 Å². The quantitative estimate of drug-likeness (QED) is 0.718. The van der Waals surface area contributed by atoms with Crippen molar-refractivity contribution < 1.29 is 17.7 Å². The van der Waals surface area contributed by atoms with Crippen LogP contribution in [0.4, 0.5) is 13.2 Å². The molecule has 7 heteroatoms. The molecule has 3 atom stereocenters. The second kappa shape index (κ2) is 7.71. The molecule has 28 heavy (non-hydrogen) atoms. The monoisotopic (exact) mass is 408 g/mol. The molecule has 0 radical (unpaired) electrons.